The van der Waals surface area contributed by atoms with Crippen LogP contribution >= 0.6 is 0 Å². The van der Waals surface area contributed by atoms with Gasteiger partial charge in [-0.25, -0.2) is 4.68 Å². The lowest BCUT2D eigenvalue weighted by Crippen LogP contribution is -2.45. The van der Waals surface area contributed by atoms with E-state index in [4.69, 9.17) is 0 Å². The van der Waals surface area contributed by atoms with Gasteiger partial charge in [-0.05, 0) is 43.1 Å². The molecular weight excluding hydrogens is 368 g/mol. The molecule has 0 N–H and O–H groups in total. The van der Waals surface area contributed by atoms with Gasteiger partial charge in [-0.15, -0.1) is 0 Å². The lowest BCUT2D eigenvalue weighted by Gasteiger charge is -2.23. The molecule has 1 fully saturated rings. The summed E-state index contributed by atoms with van der Waals surface area (Å²) in [5.41, 5.74) is 0.646. The van der Waals surface area contributed by atoms with E-state index in [0.29, 0.717) is 12.2 Å². The van der Waals surface area contributed by atoms with Crippen LogP contribution < -0.4 is 11.1 Å². The van der Waals surface area contributed by atoms with Crippen LogP contribution in [-0.4, -0.2) is 42.3 Å². The first-order valence-electron chi connectivity index (χ1n) is 9.88. The maximum atomic E-state index is 12.7. The monoisotopic (exact) mass is 390 g/mol. The summed E-state index contributed by atoms with van der Waals surface area (Å²) in [6.07, 6.45) is 7.11. The lowest BCUT2D eigenvalue weighted by atomic mass is 9.85. The van der Waals surface area contributed by atoms with Gasteiger partial charge in [0.15, 0.2) is 0 Å². The summed E-state index contributed by atoms with van der Waals surface area (Å²) in [5.74, 6) is 0.742. The second kappa shape index (κ2) is 7.04. The molecule has 0 radical (unpaired) electrons. The number of fused-ring (bicyclic) bond motifs is 2. The number of nitrogens with zero attached hydrogens (tertiary/aromatic N) is 6. The Balaban J connectivity index is 1.46. The molecule has 2 aliphatic heterocycles. The molecule has 1 atom stereocenters. The number of likely N-dealkylation sites (tertiary alicyclic amines) is 1. The molecule has 8 nitrogen and oxygen atoms in total. The van der Waals surface area contributed by atoms with E-state index in [2.05, 4.69) is 26.0 Å². The standard InChI is InChI=1S/C21H22N6O2/c28-18-19(29)27(14-17-5-1-2-9-23-17)24-20-21(7-11-26(18)20)6-10-25(15-21)13-16-4-3-8-22-12-16/h1-5,8-9,12H,6-7,10-11,13-15H2/t21-/m1/s1. The van der Waals surface area contributed by atoms with E-state index in [1.807, 2.05) is 30.5 Å². The minimum absolute atomic E-state index is 0.180. The molecule has 5 heterocycles. The Bertz CT molecular complexity index is 1140. The van der Waals surface area contributed by atoms with Crippen molar-refractivity contribution in [1.82, 2.24) is 29.2 Å². The Kier molecular flexibility index (Phi) is 4.35. The predicted octanol–water partition coefficient (Wildman–Crippen LogP) is 0.791. The van der Waals surface area contributed by atoms with Crippen molar-refractivity contribution in [1.29, 1.82) is 0 Å². The van der Waals surface area contributed by atoms with Crippen molar-refractivity contribution in [2.24, 2.45) is 0 Å². The first kappa shape index (κ1) is 17.9. The van der Waals surface area contributed by atoms with Crippen LogP contribution in [0.3, 0.4) is 0 Å². The molecule has 0 aromatic carbocycles. The summed E-state index contributed by atoms with van der Waals surface area (Å²) < 4.78 is 2.87. The highest BCUT2D eigenvalue weighted by atomic mass is 16.2. The van der Waals surface area contributed by atoms with Crippen molar-refractivity contribution in [2.75, 3.05) is 13.1 Å². The van der Waals surface area contributed by atoms with E-state index in [-0.39, 0.29) is 12.0 Å². The highest BCUT2D eigenvalue weighted by Crippen LogP contribution is 2.40. The maximum Gasteiger partial charge on any atom is 0.332 e. The summed E-state index contributed by atoms with van der Waals surface area (Å²) >= 11 is 0. The van der Waals surface area contributed by atoms with Gasteiger partial charge in [0, 0.05) is 43.6 Å². The summed E-state index contributed by atoms with van der Waals surface area (Å²) in [6.45, 7) is 3.35. The molecule has 1 spiro atoms. The first-order chi connectivity index (χ1) is 14.1. The van der Waals surface area contributed by atoms with Crippen LogP contribution in [0.5, 0.6) is 0 Å². The Hall–Kier alpha value is -3.13. The fourth-order valence-corrected chi connectivity index (χ4v) is 4.56. The van der Waals surface area contributed by atoms with Crippen LogP contribution in [0.2, 0.25) is 0 Å². The van der Waals surface area contributed by atoms with E-state index in [0.717, 1.165) is 38.3 Å². The lowest BCUT2D eigenvalue weighted by molar-refractivity contribution is 0.297. The molecule has 0 saturated carbocycles. The molecule has 148 valence electrons. The number of hydrogen-bond acceptors (Lipinski definition) is 6. The third-order valence-electron chi connectivity index (χ3n) is 6.02. The molecule has 29 heavy (non-hydrogen) atoms. The minimum Gasteiger partial charge on any atom is -0.298 e. The fraction of sp³-hybridized carbons (Fsp3) is 0.381. The molecule has 8 heteroatoms. The largest absolute Gasteiger partial charge is 0.332 e. The highest BCUT2D eigenvalue weighted by molar-refractivity contribution is 5.19. The zero-order valence-electron chi connectivity index (χ0n) is 16.1. The smallest absolute Gasteiger partial charge is 0.298 e. The van der Waals surface area contributed by atoms with Crippen molar-refractivity contribution in [3.63, 3.8) is 0 Å². The fourth-order valence-electron chi connectivity index (χ4n) is 4.56. The number of rotatable bonds is 4. The van der Waals surface area contributed by atoms with E-state index < -0.39 is 11.1 Å². The average molecular weight is 390 g/mol. The van der Waals surface area contributed by atoms with Crippen LogP contribution in [0, 0.1) is 0 Å². The maximum absolute atomic E-state index is 12.7. The van der Waals surface area contributed by atoms with Crippen molar-refractivity contribution in [2.45, 2.75) is 37.9 Å². The summed E-state index contributed by atoms with van der Waals surface area (Å²) in [6, 6.07) is 9.54. The Morgan fingerprint density at radius 1 is 0.966 bits per heavy atom. The van der Waals surface area contributed by atoms with Crippen LogP contribution in [0.15, 0.2) is 58.5 Å². The van der Waals surface area contributed by atoms with Crippen LogP contribution in [0.4, 0.5) is 0 Å². The van der Waals surface area contributed by atoms with Crippen LogP contribution in [-0.2, 0) is 25.0 Å². The van der Waals surface area contributed by atoms with E-state index in [1.165, 1.54) is 10.2 Å². The molecule has 1 saturated heterocycles. The third-order valence-corrected chi connectivity index (χ3v) is 6.02. The second-order valence-electron chi connectivity index (χ2n) is 7.92. The summed E-state index contributed by atoms with van der Waals surface area (Å²) in [7, 11) is 0. The van der Waals surface area contributed by atoms with Crippen LogP contribution in [0.25, 0.3) is 0 Å². The molecular formula is C21H22N6O2. The highest BCUT2D eigenvalue weighted by Gasteiger charge is 2.47. The normalized spacial score (nSPS) is 21.0. The molecule has 3 aromatic heterocycles. The van der Waals surface area contributed by atoms with Gasteiger partial charge in [-0.2, -0.15) is 5.10 Å². The predicted molar refractivity (Wildman–Crippen MR) is 107 cm³/mol. The van der Waals surface area contributed by atoms with Crippen molar-refractivity contribution in [3.8, 4) is 0 Å². The second-order valence-corrected chi connectivity index (χ2v) is 7.92. The summed E-state index contributed by atoms with van der Waals surface area (Å²) in [5, 5.41) is 4.67. The van der Waals surface area contributed by atoms with Gasteiger partial charge in [0.05, 0.1) is 12.2 Å². The zero-order chi connectivity index (χ0) is 19.8. The Morgan fingerprint density at radius 2 is 1.86 bits per heavy atom. The number of pyridine rings is 2. The number of hydrogen-bond donors (Lipinski definition) is 0. The van der Waals surface area contributed by atoms with E-state index >= 15 is 0 Å². The third kappa shape index (κ3) is 3.19. The van der Waals surface area contributed by atoms with Gasteiger partial charge >= 0.3 is 11.1 Å². The molecule has 0 aliphatic carbocycles. The molecule has 3 aromatic rings. The van der Waals surface area contributed by atoms with Crippen molar-refractivity contribution < 1.29 is 0 Å². The van der Waals surface area contributed by atoms with Crippen molar-refractivity contribution >= 4 is 0 Å². The van der Waals surface area contributed by atoms with Crippen LogP contribution in [0.1, 0.15) is 29.9 Å². The quantitative estimate of drug-likeness (QED) is 0.613. The Labute approximate surface area is 167 Å². The molecule has 0 amide bonds. The Morgan fingerprint density at radius 3 is 2.66 bits per heavy atom. The van der Waals surface area contributed by atoms with Crippen molar-refractivity contribution in [3.05, 3.63) is 86.7 Å². The SMILES string of the molecule is O=c1c(=O)n2c(nn1Cc1ccccn1)[C@]1(CCN(Cc3cccnc3)C1)CC2. The zero-order valence-corrected chi connectivity index (χ0v) is 16.1. The van der Waals surface area contributed by atoms with Gasteiger partial charge in [0.2, 0.25) is 0 Å². The molecule has 2 aliphatic rings. The van der Waals surface area contributed by atoms with Gasteiger partial charge in [-0.1, -0.05) is 12.1 Å². The molecule has 0 bridgehead atoms. The first-order valence-corrected chi connectivity index (χ1v) is 9.88. The van der Waals surface area contributed by atoms with E-state index in [1.54, 1.807) is 17.0 Å². The van der Waals surface area contributed by atoms with Gasteiger partial charge in [-0.3, -0.25) is 29.0 Å². The van der Waals surface area contributed by atoms with Gasteiger partial charge in [0.1, 0.15) is 5.82 Å². The van der Waals surface area contributed by atoms with E-state index in [9.17, 15) is 9.59 Å². The summed E-state index contributed by atoms with van der Waals surface area (Å²) in [4.78, 5) is 36.1. The minimum atomic E-state index is -0.582. The average Bonchev–Trinajstić information content (AvgIpc) is 3.32. The molecule has 5 rings (SSSR count). The topological polar surface area (TPSA) is 85.9 Å². The van der Waals surface area contributed by atoms with Gasteiger partial charge in [0.25, 0.3) is 0 Å². The van der Waals surface area contributed by atoms with Gasteiger partial charge < -0.3 is 0 Å². The molecule has 0 unspecified atom stereocenters. The number of aromatic nitrogens is 5.